The van der Waals surface area contributed by atoms with Gasteiger partial charge in [0.05, 0.1) is 5.75 Å². The second kappa shape index (κ2) is 8.51. The normalized spacial score (nSPS) is 16.2. The summed E-state index contributed by atoms with van der Waals surface area (Å²) in [5, 5.41) is 3.62. The Bertz CT molecular complexity index is 728. The fourth-order valence-corrected chi connectivity index (χ4v) is 3.94. The Morgan fingerprint density at radius 1 is 1.27 bits per heavy atom. The van der Waals surface area contributed by atoms with Crippen LogP contribution in [0.15, 0.2) is 41.6 Å². The van der Waals surface area contributed by atoms with E-state index in [0.717, 1.165) is 31.7 Å². The van der Waals surface area contributed by atoms with Gasteiger partial charge in [-0.05, 0) is 25.3 Å². The highest BCUT2D eigenvalue weighted by Crippen LogP contribution is 2.34. The van der Waals surface area contributed by atoms with Crippen LogP contribution in [-0.2, 0) is 14.9 Å². The van der Waals surface area contributed by atoms with Gasteiger partial charge < -0.3 is 15.8 Å². The first-order valence-corrected chi connectivity index (χ1v) is 9.70. The molecule has 1 amide bonds. The summed E-state index contributed by atoms with van der Waals surface area (Å²) < 4.78 is 5.54. The largest absolute Gasteiger partial charge is 0.384 e. The van der Waals surface area contributed by atoms with Crippen molar-refractivity contribution in [2.24, 2.45) is 0 Å². The lowest BCUT2D eigenvalue weighted by Gasteiger charge is -2.38. The number of carbonyl (C=O) groups excluding carboxylic acids is 1. The Kier molecular flexibility index (Phi) is 6.11. The molecule has 0 unspecified atom stereocenters. The first-order valence-electron chi connectivity index (χ1n) is 8.71. The van der Waals surface area contributed by atoms with Gasteiger partial charge in [0.1, 0.15) is 5.82 Å². The van der Waals surface area contributed by atoms with E-state index in [-0.39, 0.29) is 17.1 Å². The molecule has 3 N–H and O–H groups in total. The maximum Gasteiger partial charge on any atom is 0.230 e. The van der Waals surface area contributed by atoms with Gasteiger partial charge in [-0.2, -0.15) is 0 Å². The van der Waals surface area contributed by atoms with Crippen LogP contribution in [0, 0.1) is 6.92 Å². The summed E-state index contributed by atoms with van der Waals surface area (Å²) >= 11 is 1.30. The maximum atomic E-state index is 12.4. The molecular formula is C19H24N4O2S. The third-order valence-corrected chi connectivity index (χ3v) is 5.49. The number of aryl methyl sites for hydroxylation is 1. The van der Waals surface area contributed by atoms with Crippen LogP contribution < -0.4 is 11.1 Å². The molecule has 1 saturated heterocycles. The summed E-state index contributed by atoms with van der Waals surface area (Å²) in [7, 11) is 0. The van der Waals surface area contributed by atoms with E-state index >= 15 is 0 Å². The molecule has 1 aromatic carbocycles. The topological polar surface area (TPSA) is 90.1 Å². The molecule has 7 heteroatoms. The summed E-state index contributed by atoms with van der Waals surface area (Å²) in [5.41, 5.74) is 7.71. The van der Waals surface area contributed by atoms with Gasteiger partial charge in [0.25, 0.3) is 0 Å². The summed E-state index contributed by atoms with van der Waals surface area (Å²) in [6, 6.07) is 12.1. The minimum Gasteiger partial charge on any atom is -0.384 e. The predicted octanol–water partition coefficient (Wildman–Crippen LogP) is 2.32. The number of hydrogen-bond acceptors (Lipinski definition) is 6. The van der Waals surface area contributed by atoms with E-state index in [0.29, 0.717) is 17.5 Å². The number of aromatic nitrogens is 2. The van der Waals surface area contributed by atoms with Crippen molar-refractivity contribution in [2.45, 2.75) is 30.3 Å². The molecule has 0 spiro atoms. The van der Waals surface area contributed by atoms with Crippen LogP contribution in [-0.4, -0.2) is 41.4 Å². The average molecular weight is 372 g/mol. The van der Waals surface area contributed by atoms with Crippen molar-refractivity contribution in [3.63, 3.8) is 0 Å². The van der Waals surface area contributed by atoms with E-state index in [1.807, 2.05) is 25.1 Å². The highest BCUT2D eigenvalue weighted by atomic mass is 32.2. The van der Waals surface area contributed by atoms with E-state index in [1.165, 1.54) is 17.3 Å². The molecule has 2 aromatic rings. The number of benzene rings is 1. The Morgan fingerprint density at radius 3 is 2.69 bits per heavy atom. The summed E-state index contributed by atoms with van der Waals surface area (Å²) in [5.74, 6) is 0.663. The first-order chi connectivity index (χ1) is 12.6. The molecule has 26 heavy (non-hydrogen) atoms. The number of nitrogen functional groups attached to an aromatic ring is 1. The quantitative estimate of drug-likeness (QED) is 0.597. The van der Waals surface area contributed by atoms with Crippen molar-refractivity contribution >= 4 is 23.5 Å². The van der Waals surface area contributed by atoms with Gasteiger partial charge in [-0.1, -0.05) is 42.1 Å². The molecule has 0 radical (unpaired) electrons. The SMILES string of the molecule is Cc1cc(N)nc(SCC(=O)NCC2(c3ccccc3)CCOCC2)n1. The smallest absolute Gasteiger partial charge is 0.230 e. The Hall–Kier alpha value is -2.12. The Morgan fingerprint density at radius 2 is 2.00 bits per heavy atom. The van der Waals surface area contributed by atoms with Crippen molar-refractivity contribution in [3.8, 4) is 0 Å². The standard InChI is InChI=1S/C19H24N4O2S/c1-14-11-16(20)23-18(22-14)26-12-17(24)21-13-19(7-9-25-10-8-19)15-5-3-2-4-6-15/h2-6,11H,7-10,12-13H2,1H3,(H,21,24)(H2,20,22,23). The number of thioether (sulfide) groups is 1. The third kappa shape index (κ3) is 4.74. The number of nitrogens with two attached hydrogens (primary N) is 1. The molecule has 1 aliphatic heterocycles. The highest BCUT2D eigenvalue weighted by molar-refractivity contribution is 7.99. The molecule has 0 saturated carbocycles. The summed E-state index contributed by atoms with van der Waals surface area (Å²) in [6.45, 7) is 3.90. The maximum absolute atomic E-state index is 12.4. The zero-order valence-electron chi connectivity index (χ0n) is 14.9. The number of carbonyl (C=O) groups is 1. The van der Waals surface area contributed by atoms with Gasteiger partial charge in [0, 0.05) is 36.9 Å². The van der Waals surface area contributed by atoms with Gasteiger partial charge in [0.2, 0.25) is 5.91 Å². The van der Waals surface area contributed by atoms with Gasteiger partial charge in [0.15, 0.2) is 5.16 Å². The molecule has 0 bridgehead atoms. The second-order valence-corrected chi connectivity index (χ2v) is 7.48. The minimum absolute atomic E-state index is 0.0273. The molecule has 6 nitrogen and oxygen atoms in total. The first kappa shape index (κ1) is 18.7. The van der Waals surface area contributed by atoms with E-state index in [1.54, 1.807) is 6.07 Å². The Balaban J connectivity index is 1.59. The molecule has 1 aliphatic rings. The summed E-state index contributed by atoms with van der Waals surface area (Å²) in [6.07, 6.45) is 1.81. The van der Waals surface area contributed by atoms with Crippen molar-refractivity contribution in [1.82, 2.24) is 15.3 Å². The van der Waals surface area contributed by atoms with Crippen LogP contribution in [0.4, 0.5) is 5.82 Å². The van der Waals surface area contributed by atoms with Crippen LogP contribution in [0.2, 0.25) is 0 Å². The van der Waals surface area contributed by atoms with Crippen LogP contribution >= 0.6 is 11.8 Å². The number of nitrogens with one attached hydrogen (secondary N) is 1. The van der Waals surface area contributed by atoms with E-state index in [9.17, 15) is 4.79 Å². The zero-order valence-corrected chi connectivity index (χ0v) is 15.7. The number of ether oxygens (including phenoxy) is 1. The third-order valence-electron chi connectivity index (χ3n) is 4.65. The molecule has 0 atom stereocenters. The van der Waals surface area contributed by atoms with E-state index in [2.05, 4.69) is 27.4 Å². The molecule has 0 aliphatic carbocycles. The predicted molar refractivity (Wildman–Crippen MR) is 103 cm³/mol. The van der Waals surface area contributed by atoms with Gasteiger partial charge in [-0.3, -0.25) is 4.79 Å². The fraction of sp³-hybridized carbons (Fsp3) is 0.421. The minimum atomic E-state index is -0.0654. The molecule has 3 rings (SSSR count). The fourth-order valence-electron chi connectivity index (χ4n) is 3.20. The number of nitrogens with zero attached hydrogens (tertiary/aromatic N) is 2. The van der Waals surface area contributed by atoms with E-state index in [4.69, 9.17) is 10.5 Å². The second-order valence-electron chi connectivity index (χ2n) is 6.54. The zero-order chi connectivity index (χ0) is 18.4. The lowest BCUT2D eigenvalue weighted by Crippen LogP contribution is -2.45. The highest BCUT2D eigenvalue weighted by Gasteiger charge is 2.34. The summed E-state index contributed by atoms with van der Waals surface area (Å²) in [4.78, 5) is 20.8. The lowest BCUT2D eigenvalue weighted by molar-refractivity contribution is -0.119. The number of anilines is 1. The number of rotatable bonds is 6. The molecule has 1 aromatic heterocycles. The molecule has 138 valence electrons. The van der Waals surface area contributed by atoms with Gasteiger partial charge >= 0.3 is 0 Å². The van der Waals surface area contributed by atoms with Crippen LogP contribution in [0.1, 0.15) is 24.1 Å². The monoisotopic (exact) mass is 372 g/mol. The molecule has 2 heterocycles. The van der Waals surface area contributed by atoms with Crippen LogP contribution in [0.25, 0.3) is 0 Å². The van der Waals surface area contributed by atoms with Crippen molar-refractivity contribution in [1.29, 1.82) is 0 Å². The molecule has 1 fully saturated rings. The van der Waals surface area contributed by atoms with Crippen molar-refractivity contribution in [3.05, 3.63) is 47.7 Å². The lowest BCUT2D eigenvalue weighted by atomic mass is 9.74. The molecular weight excluding hydrogens is 348 g/mol. The average Bonchev–Trinajstić information content (AvgIpc) is 2.65. The van der Waals surface area contributed by atoms with Crippen molar-refractivity contribution in [2.75, 3.05) is 31.2 Å². The van der Waals surface area contributed by atoms with Crippen molar-refractivity contribution < 1.29 is 9.53 Å². The van der Waals surface area contributed by atoms with Crippen LogP contribution in [0.3, 0.4) is 0 Å². The van der Waals surface area contributed by atoms with Crippen LogP contribution in [0.5, 0.6) is 0 Å². The Labute approximate surface area is 157 Å². The number of hydrogen-bond donors (Lipinski definition) is 2. The van der Waals surface area contributed by atoms with Gasteiger partial charge in [-0.15, -0.1) is 0 Å². The van der Waals surface area contributed by atoms with Gasteiger partial charge in [-0.25, -0.2) is 9.97 Å². The number of amides is 1. The van der Waals surface area contributed by atoms with E-state index < -0.39 is 0 Å².